The highest BCUT2D eigenvalue weighted by Crippen LogP contribution is 2.46. The molecule has 1 saturated carbocycles. The second-order valence-corrected chi connectivity index (χ2v) is 9.75. The molecule has 1 aromatic rings. The van der Waals surface area contributed by atoms with Crippen LogP contribution < -0.4 is 10.6 Å². The van der Waals surface area contributed by atoms with Crippen molar-refractivity contribution < 1.29 is 14.4 Å². The maximum atomic E-state index is 13.1. The third kappa shape index (κ3) is 4.14. The Bertz CT molecular complexity index is 813. The van der Waals surface area contributed by atoms with Crippen molar-refractivity contribution >= 4 is 51.1 Å². The second kappa shape index (κ2) is 7.09. The Morgan fingerprint density at radius 3 is 2.70 bits per heavy atom. The zero-order valence-corrected chi connectivity index (χ0v) is 17.9. The van der Waals surface area contributed by atoms with E-state index >= 15 is 0 Å². The van der Waals surface area contributed by atoms with Gasteiger partial charge in [0.05, 0.1) is 10.7 Å². The monoisotopic (exact) mass is 455 g/mol. The summed E-state index contributed by atoms with van der Waals surface area (Å²) in [6.07, 6.45) is 2.17. The highest BCUT2D eigenvalue weighted by molar-refractivity contribution is 9.10. The molecule has 1 heterocycles. The second-order valence-electron chi connectivity index (χ2n) is 8.43. The van der Waals surface area contributed by atoms with Crippen molar-refractivity contribution in [2.45, 2.75) is 45.6 Å². The zero-order valence-electron chi connectivity index (χ0n) is 15.6. The molecular weight excluding hydrogens is 434 g/mol. The van der Waals surface area contributed by atoms with Crippen LogP contribution in [0.1, 0.15) is 40.0 Å². The molecule has 3 rings (SSSR count). The average Bonchev–Trinajstić information content (AvgIpc) is 2.72. The summed E-state index contributed by atoms with van der Waals surface area (Å²) in [5.74, 6) is -0.472. The smallest absolute Gasteiger partial charge is 0.323 e. The minimum Gasteiger partial charge on any atom is -0.323 e. The van der Waals surface area contributed by atoms with Crippen LogP contribution in [0, 0.1) is 11.3 Å². The number of hydrogen-bond acceptors (Lipinski definition) is 3. The lowest BCUT2D eigenvalue weighted by Crippen LogP contribution is -2.54. The van der Waals surface area contributed by atoms with Crippen molar-refractivity contribution in [2.75, 3.05) is 11.9 Å². The molecule has 0 radical (unpaired) electrons. The van der Waals surface area contributed by atoms with Crippen LogP contribution in [0.5, 0.6) is 0 Å². The fraction of sp³-hybridized carbons (Fsp3) is 0.526. The fourth-order valence-electron chi connectivity index (χ4n) is 4.57. The number of halogens is 2. The van der Waals surface area contributed by atoms with Gasteiger partial charge >= 0.3 is 6.03 Å². The first kappa shape index (κ1) is 20.1. The molecule has 2 atom stereocenters. The van der Waals surface area contributed by atoms with Crippen LogP contribution in [0.25, 0.3) is 0 Å². The highest BCUT2D eigenvalue weighted by atomic mass is 79.9. The first-order chi connectivity index (χ1) is 12.5. The molecule has 1 aliphatic heterocycles. The standard InChI is InChI=1S/C19H23BrClN3O3/c1-11-7-18(2,3)10-19(8-11)16(26)24(17(27)23-19)9-15(25)22-14-5-4-12(20)6-13(14)21/h4-6,11H,7-10H2,1-3H3,(H,22,25)(H,23,27). The third-order valence-electron chi connectivity index (χ3n) is 5.13. The van der Waals surface area contributed by atoms with Gasteiger partial charge in [0, 0.05) is 4.47 Å². The van der Waals surface area contributed by atoms with Crippen LogP contribution >= 0.6 is 27.5 Å². The van der Waals surface area contributed by atoms with E-state index in [1.54, 1.807) is 18.2 Å². The van der Waals surface area contributed by atoms with Crippen LogP contribution in [0.4, 0.5) is 10.5 Å². The molecule has 146 valence electrons. The number of carbonyl (C=O) groups is 3. The molecule has 1 aromatic carbocycles. The Kier molecular flexibility index (Phi) is 5.29. The minimum atomic E-state index is -0.909. The molecule has 8 heteroatoms. The lowest BCUT2D eigenvalue weighted by Gasteiger charge is -2.43. The summed E-state index contributed by atoms with van der Waals surface area (Å²) in [5.41, 5.74) is -0.531. The summed E-state index contributed by atoms with van der Waals surface area (Å²) < 4.78 is 0.788. The Morgan fingerprint density at radius 1 is 1.37 bits per heavy atom. The molecule has 0 bridgehead atoms. The van der Waals surface area contributed by atoms with Crippen molar-refractivity contribution in [3.63, 3.8) is 0 Å². The van der Waals surface area contributed by atoms with Gasteiger partial charge in [-0.25, -0.2) is 4.79 Å². The number of anilines is 1. The summed E-state index contributed by atoms with van der Waals surface area (Å²) in [5, 5.41) is 5.89. The summed E-state index contributed by atoms with van der Waals surface area (Å²) in [7, 11) is 0. The van der Waals surface area contributed by atoms with Crippen LogP contribution in [-0.4, -0.2) is 34.8 Å². The van der Waals surface area contributed by atoms with Gasteiger partial charge in [-0.3, -0.25) is 14.5 Å². The van der Waals surface area contributed by atoms with Gasteiger partial charge in [-0.05, 0) is 48.8 Å². The third-order valence-corrected chi connectivity index (χ3v) is 5.94. The summed E-state index contributed by atoms with van der Waals surface area (Å²) in [6.45, 7) is 5.96. The molecule has 2 aliphatic rings. The van der Waals surface area contributed by atoms with Crippen LogP contribution in [0.2, 0.25) is 5.02 Å². The fourth-order valence-corrected chi connectivity index (χ4v) is 5.29. The highest BCUT2D eigenvalue weighted by Gasteiger charge is 2.56. The van der Waals surface area contributed by atoms with Gasteiger partial charge in [0.15, 0.2) is 0 Å². The van der Waals surface area contributed by atoms with E-state index in [4.69, 9.17) is 11.6 Å². The van der Waals surface area contributed by atoms with Gasteiger partial charge in [-0.15, -0.1) is 0 Å². The molecule has 2 unspecified atom stereocenters. The van der Waals surface area contributed by atoms with E-state index in [-0.39, 0.29) is 17.9 Å². The number of nitrogens with one attached hydrogen (secondary N) is 2. The molecule has 1 spiro atoms. The van der Waals surface area contributed by atoms with Gasteiger partial charge in [0.25, 0.3) is 5.91 Å². The van der Waals surface area contributed by atoms with Gasteiger partial charge in [0.1, 0.15) is 12.1 Å². The average molecular weight is 457 g/mol. The van der Waals surface area contributed by atoms with Gasteiger partial charge < -0.3 is 10.6 Å². The number of urea groups is 1. The first-order valence-electron chi connectivity index (χ1n) is 8.90. The van der Waals surface area contributed by atoms with Crippen molar-refractivity contribution in [1.82, 2.24) is 10.2 Å². The first-order valence-corrected chi connectivity index (χ1v) is 10.1. The number of amides is 4. The molecule has 2 fully saturated rings. The van der Waals surface area contributed by atoms with E-state index < -0.39 is 17.5 Å². The van der Waals surface area contributed by atoms with Crippen molar-refractivity contribution in [1.29, 1.82) is 0 Å². The topological polar surface area (TPSA) is 78.5 Å². The number of imide groups is 1. The van der Waals surface area contributed by atoms with E-state index in [1.165, 1.54) is 0 Å². The number of hydrogen-bond donors (Lipinski definition) is 2. The van der Waals surface area contributed by atoms with Crippen molar-refractivity contribution in [2.24, 2.45) is 11.3 Å². The van der Waals surface area contributed by atoms with Crippen LogP contribution in [0.15, 0.2) is 22.7 Å². The summed E-state index contributed by atoms with van der Waals surface area (Å²) >= 11 is 9.41. The lowest BCUT2D eigenvalue weighted by atomic mass is 9.64. The predicted octanol–water partition coefficient (Wildman–Crippen LogP) is 4.18. The summed E-state index contributed by atoms with van der Waals surface area (Å²) in [6, 6.07) is 4.55. The maximum absolute atomic E-state index is 13.1. The molecule has 2 N–H and O–H groups in total. The quantitative estimate of drug-likeness (QED) is 0.670. The Hall–Kier alpha value is -1.60. The maximum Gasteiger partial charge on any atom is 0.325 e. The van der Waals surface area contributed by atoms with Gasteiger partial charge in [-0.1, -0.05) is 48.3 Å². The van der Waals surface area contributed by atoms with Gasteiger partial charge in [-0.2, -0.15) is 0 Å². The zero-order chi connectivity index (χ0) is 20.0. The summed E-state index contributed by atoms with van der Waals surface area (Å²) in [4.78, 5) is 38.9. The van der Waals surface area contributed by atoms with Crippen LogP contribution in [-0.2, 0) is 9.59 Å². The van der Waals surface area contributed by atoms with E-state index in [2.05, 4.69) is 47.3 Å². The number of nitrogens with zero attached hydrogens (tertiary/aromatic N) is 1. The molecule has 0 aromatic heterocycles. The molecule has 4 amide bonds. The number of carbonyl (C=O) groups excluding carboxylic acids is 3. The minimum absolute atomic E-state index is 0.0518. The Balaban J connectivity index is 1.73. The van der Waals surface area contributed by atoms with Crippen LogP contribution in [0.3, 0.4) is 0 Å². The van der Waals surface area contributed by atoms with Crippen molar-refractivity contribution in [3.8, 4) is 0 Å². The normalized spacial score (nSPS) is 27.0. The Morgan fingerprint density at radius 2 is 2.07 bits per heavy atom. The van der Waals surface area contributed by atoms with E-state index in [1.807, 2.05) is 0 Å². The van der Waals surface area contributed by atoms with E-state index in [9.17, 15) is 14.4 Å². The van der Waals surface area contributed by atoms with E-state index in [0.717, 1.165) is 15.8 Å². The van der Waals surface area contributed by atoms with E-state index in [0.29, 0.717) is 29.5 Å². The molecule has 1 saturated heterocycles. The Labute approximate surface area is 172 Å². The SMILES string of the molecule is CC1CC(C)(C)CC2(C1)NC(=O)N(CC(=O)Nc1ccc(Br)cc1Cl)C2=O. The van der Waals surface area contributed by atoms with Crippen molar-refractivity contribution in [3.05, 3.63) is 27.7 Å². The predicted molar refractivity (Wildman–Crippen MR) is 108 cm³/mol. The molecule has 27 heavy (non-hydrogen) atoms. The molecular formula is C19H23BrClN3O3. The largest absolute Gasteiger partial charge is 0.325 e. The number of benzene rings is 1. The molecule has 6 nitrogen and oxygen atoms in total. The molecule has 1 aliphatic carbocycles. The number of rotatable bonds is 3. The van der Waals surface area contributed by atoms with Gasteiger partial charge in [0.2, 0.25) is 5.91 Å². The lowest BCUT2D eigenvalue weighted by molar-refractivity contribution is -0.136.